The summed E-state index contributed by atoms with van der Waals surface area (Å²) in [6.07, 6.45) is 0. The summed E-state index contributed by atoms with van der Waals surface area (Å²) in [6, 6.07) is 14.9. The lowest BCUT2D eigenvalue weighted by atomic mass is 9.84. The number of halogens is 1. The molecule has 1 nitrogen and oxygen atoms in total. The van der Waals surface area contributed by atoms with Crippen LogP contribution in [-0.2, 0) is 5.41 Å². The Labute approximate surface area is 138 Å². The van der Waals surface area contributed by atoms with Crippen molar-refractivity contribution in [3.8, 4) is 16.9 Å². The molecular weight excluding hydrogens is 340 g/mol. The highest BCUT2D eigenvalue weighted by molar-refractivity contribution is 9.10. The Bertz CT molecular complexity index is 629. The molecular formula is C18H23BrOSi. The van der Waals surface area contributed by atoms with Gasteiger partial charge < -0.3 is 4.43 Å². The summed E-state index contributed by atoms with van der Waals surface area (Å²) in [7, 11) is -1.17. The van der Waals surface area contributed by atoms with E-state index < -0.39 is 9.04 Å². The second kappa shape index (κ2) is 6.37. The van der Waals surface area contributed by atoms with Crippen LogP contribution in [0.25, 0.3) is 11.1 Å². The largest absolute Gasteiger partial charge is 0.546 e. The molecule has 21 heavy (non-hydrogen) atoms. The van der Waals surface area contributed by atoms with E-state index in [-0.39, 0.29) is 5.41 Å². The molecule has 0 spiro atoms. The smallest absolute Gasteiger partial charge is 0.229 e. The van der Waals surface area contributed by atoms with Crippen LogP contribution in [-0.4, -0.2) is 9.04 Å². The molecule has 0 N–H and O–H groups in total. The summed E-state index contributed by atoms with van der Waals surface area (Å²) in [5.41, 5.74) is 3.73. The van der Waals surface area contributed by atoms with Crippen molar-refractivity contribution in [2.45, 2.75) is 39.3 Å². The van der Waals surface area contributed by atoms with E-state index in [1.807, 2.05) is 0 Å². The van der Waals surface area contributed by atoms with E-state index in [1.165, 1.54) is 16.7 Å². The third-order valence-corrected chi connectivity index (χ3v) is 4.51. The van der Waals surface area contributed by atoms with Crippen LogP contribution in [0.2, 0.25) is 13.1 Å². The van der Waals surface area contributed by atoms with E-state index in [9.17, 15) is 0 Å². The first-order valence-corrected chi connectivity index (χ1v) is 10.9. The molecule has 0 atom stereocenters. The number of hydrogen-bond donors (Lipinski definition) is 0. The first kappa shape index (κ1) is 16.3. The van der Waals surface area contributed by atoms with Gasteiger partial charge in [0, 0.05) is 10.0 Å². The zero-order valence-corrected chi connectivity index (χ0v) is 16.1. The minimum absolute atomic E-state index is 0.0701. The highest BCUT2D eigenvalue weighted by atomic mass is 79.9. The monoisotopic (exact) mass is 362 g/mol. The van der Waals surface area contributed by atoms with Crippen molar-refractivity contribution < 1.29 is 4.43 Å². The van der Waals surface area contributed by atoms with Crippen molar-refractivity contribution in [2.24, 2.45) is 0 Å². The van der Waals surface area contributed by atoms with E-state index >= 15 is 0 Å². The Morgan fingerprint density at radius 3 is 2.24 bits per heavy atom. The number of benzene rings is 2. The molecule has 0 saturated heterocycles. The number of hydrogen-bond acceptors (Lipinski definition) is 1. The van der Waals surface area contributed by atoms with Crippen LogP contribution in [0.5, 0.6) is 5.75 Å². The highest BCUT2D eigenvalue weighted by Crippen LogP contribution is 2.40. The van der Waals surface area contributed by atoms with Crippen molar-refractivity contribution in [1.82, 2.24) is 0 Å². The third kappa shape index (κ3) is 3.98. The average molecular weight is 363 g/mol. The predicted octanol–water partition coefficient (Wildman–Crippen LogP) is 5.78. The van der Waals surface area contributed by atoms with Crippen molar-refractivity contribution in [3.63, 3.8) is 0 Å². The van der Waals surface area contributed by atoms with Gasteiger partial charge >= 0.3 is 0 Å². The summed E-state index contributed by atoms with van der Waals surface area (Å²) in [5, 5.41) is 0. The van der Waals surface area contributed by atoms with Gasteiger partial charge in [-0.25, -0.2) is 0 Å². The third-order valence-electron chi connectivity index (χ3n) is 3.31. The van der Waals surface area contributed by atoms with Gasteiger partial charge in [0.2, 0.25) is 9.04 Å². The fourth-order valence-corrected chi connectivity index (χ4v) is 3.50. The second-order valence-electron chi connectivity index (χ2n) is 6.61. The average Bonchev–Trinajstić information content (AvgIpc) is 2.37. The second-order valence-corrected chi connectivity index (χ2v) is 9.86. The Morgan fingerprint density at radius 1 is 1.00 bits per heavy atom. The maximum atomic E-state index is 6.32. The first-order valence-electron chi connectivity index (χ1n) is 7.35. The molecule has 3 heteroatoms. The van der Waals surface area contributed by atoms with Crippen molar-refractivity contribution in [3.05, 3.63) is 52.5 Å². The van der Waals surface area contributed by atoms with Gasteiger partial charge in [0.15, 0.2) is 0 Å². The minimum Gasteiger partial charge on any atom is -0.546 e. The zero-order chi connectivity index (χ0) is 15.6. The van der Waals surface area contributed by atoms with Crippen LogP contribution >= 0.6 is 15.9 Å². The number of para-hydroxylation sites is 1. The summed E-state index contributed by atoms with van der Waals surface area (Å²) in [4.78, 5) is 0. The van der Waals surface area contributed by atoms with Gasteiger partial charge in [0.05, 0.1) is 0 Å². The Kier molecular flexibility index (Phi) is 4.94. The van der Waals surface area contributed by atoms with E-state index in [0.717, 1.165) is 10.2 Å². The molecule has 112 valence electrons. The molecule has 2 aromatic rings. The highest BCUT2D eigenvalue weighted by Gasteiger charge is 2.22. The molecule has 0 saturated carbocycles. The van der Waals surface area contributed by atoms with Gasteiger partial charge in [-0.05, 0) is 41.8 Å². The van der Waals surface area contributed by atoms with Crippen molar-refractivity contribution >= 4 is 25.0 Å². The lowest BCUT2D eigenvalue weighted by molar-refractivity contribution is 0.522. The minimum atomic E-state index is -1.17. The maximum Gasteiger partial charge on any atom is 0.229 e. The van der Waals surface area contributed by atoms with Crippen molar-refractivity contribution in [1.29, 1.82) is 0 Å². The summed E-state index contributed by atoms with van der Waals surface area (Å²) < 4.78 is 7.41. The van der Waals surface area contributed by atoms with Crippen LogP contribution < -0.4 is 4.43 Å². The van der Waals surface area contributed by atoms with Gasteiger partial charge in [-0.15, -0.1) is 0 Å². The predicted molar refractivity (Wildman–Crippen MR) is 97.8 cm³/mol. The normalized spacial score (nSPS) is 11.8. The molecule has 2 rings (SSSR count). The number of rotatable bonds is 3. The quantitative estimate of drug-likeness (QED) is 0.629. The van der Waals surface area contributed by atoms with Gasteiger partial charge in [-0.3, -0.25) is 0 Å². The fraction of sp³-hybridized carbons (Fsp3) is 0.333. The molecule has 0 bridgehead atoms. The molecule has 0 aliphatic heterocycles. The van der Waals surface area contributed by atoms with Crippen LogP contribution in [0.3, 0.4) is 0 Å². The summed E-state index contributed by atoms with van der Waals surface area (Å²) in [6.45, 7) is 11.1. The summed E-state index contributed by atoms with van der Waals surface area (Å²) >= 11 is 3.56. The SMILES string of the molecule is C[SiH](C)Oc1c(-c2cccc(Br)c2)cccc1C(C)(C)C. The molecule has 0 amide bonds. The van der Waals surface area contributed by atoms with Crippen LogP contribution in [0.4, 0.5) is 0 Å². The molecule has 0 aliphatic rings. The molecule has 2 aromatic carbocycles. The molecule has 0 fully saturated rings. The zero-order valence-electron chi connectivity index (χ0n) is 13.4. The standard InChI is InChI=1S/C18H23BrOSi/c1-18(2,3)16-11-7-10-15(17(16)20-21(4)5)13-8-6-9-14(19)12-13/h6-12,21H,1-5H3. The van der Waals surface area contributed by atoms with Crippen LogP contribution in [0.15, 0.2) is 46.9 Å². The van der Waals surface area contributed by atoms with E-state index in [1.54, 1.807) is 0 Å². The lowest BCUT2D eigenvalue weighted by Gasteiger charge is -2.26. The molecule has 0 heterocycles. The maximum absolute atomic E-state index is 6.32. The van der Waals surface area contributed by atoms with E-state index in [4.69, 9.17) is 4.43 Å². The Hall–Kier alpha value is -1.06. The molecule has 0 aliphatic carbocycles. The van der Waals surface area contributed by atoms with Crippen molar-refractivity contribution in [2.75, 3.05) is 0 Å². The Balaban J connectivity index is 2.65. The van der Waals surface area contributed by atoms with Crippen LogP contribution in [0.1, 0.15) is 26.3 Å². The van der Waals surface area contributed by atoms with Gasteiger partial charge in [0.1, 0.15) is 5.75 Å². The van der Waals surface area contributed by atoms with E-state index in [0.29, 0.717) is 0 Å². The molecule has 0 aromatic heterocycles. The molecule has 0 unspecified atom stereocenters. The fourth-order valence-electron chi connectivity index (χ4n) is 2.37. The lowest BCUT2D eigenvalue weighted by Crippen LogP contribution is -2.18. The van der Waals surface area contributed by atoms with Gasteiger partial charge in [-0.2, -0.15) is 0 Å². The Morgan fingerprint density at radius 2 is 1.67 bits per heavy atom. The van der Waals surface area contributed by atoms with E-state index in [2.05, 4.69) is 92.3 Å². The van der Waals surface area contributed by atoms with Gasteiger partial charge in [-0.1, -0.05) is 67.0 Å². The van der Waals surface area contributed by atoms with Gasteiger partial charge in [0.25, 0.3) is 0 Å². The summed E-state index contributed by atoms with van der Waals surface area (Å²) in [5.74, 6) is 1.06. The molecule has 0 radical (unpaired) electrons. The topological polar surface area (TPSA) is 9.23 Å². The first-order chi connectivity index (χ1) is 9.79. The van der Waals surface area contributed by atoms with Crippen LogP contribution in [0, 0.1) is 0 Å².